The number of aromatic nitrogens is 1. The zero-order valence-corrected chi connectivity index (χ0v) is 12.5. The van der Waals surface area contributed by atoms with Gasteiger partial charge in [-0.1, -0.05) is 0 Å². The molecule has 1 rings (SSSR count). The molecule has 0 aliphatic carbocycles. The number of hydrogen-bond donors (Lipinski definition) is 2. The molecule has 108 valence electrons. The van der Waals surface area contributed by atoms with Crippen LogP contribution in [0.1, 0.15) is 33.4 Å². The molecule has 0 spiro atoms. The molecule has 2 N–H and O–H groups in total. The van der Waals surface area contributed by atoms with E-state index in [0.717, 1.165) is 6.54 Å². The minimum absolute atomic E-state index is 0.183. The van der Waals surface area contributed by atoms with Crippen molar-refractivity contribution in [3.8, 4) is 0 Å². The maximum atomic E-state index is 11.5. The summed E-state index contributed by atoms with van der Waals surface area (Å²) in [7, 11) is 2.01. The summed E-state index contributed by atoms with van der Waals surface area (Å²) in [5.74, 6) is 0. The van der Waals surface area contributed by atoms with Gasteiger partial charge in [0, 0.05) is 38.1 Å². The van der Waals surface area contributed by atoms with Crippen molar-refractivity contribution in [2.75, 3.05) is 6.54 Å². The van der Waals surface area contributed by atoms with Gasteiger partial charge in [0.15, 0.2) is 0 Å². The molecule has 0 fully saturated rings. The lowest BCUT2D eigenvalue weighted by atomic mass is 10.2. The van der Waals surface area contributed by atoms with Gasteiger partial charge in [-0.3, -0.25) is 0 Å². The molecule has 0 bridgehead atoms. The van der Waals surface area contributed by atoms with E-state index in [1.165, 1.54) is 5.69 Å². The van der Waals surface area contributed by atoms with Crippen molar-refractivity contribution >= 4 is 6.09 Å². The van der Waals surface area contributed by atoms with E-state index < -0.39 is 5.60 Å². The predicted molar refractivity (Wildman–Crippen MR) is 76.0 cm³/mol. The van der Waals surface area contributed by atoms with E-state index in [2.05, 4.69) is 21.3 Å². The quantitative estimate of drug-likeness (QED) is 0.858. The second kappa shape index (κ2) is 6.61. The van der Waals surface area contributed by atoms with E-state index in [4.69, 9.17) is 4.74 Å². The Morgan fingerprint density at radius 1 is 1.47 bits per heavy atom. The highest BCUT2D eigenvalue weighted by atomic mass is 16.6. The van der Waals surface area contributed by atoms with Crippen LogP contribution in [0.15, 0.2) is 18.3 Å². The Hall–Kier alpha value is -1.49. The zero-order valence-electron chi connectivity index (χ0n) is 12.5. The fourth-order valence-corrected chi connectivity index (χ4v) is 1.58. The predicted octanol–water partition coefficient (Wildman–Crippen LogP) is 2.03. The van der Waals surface area contributed by atoms with Gasteiger partial charge in [0.1, 0.15) is 5.60 Å². The van der Waals surface area contributed by atoms with E-state index in [-0.39, 0.29) is 12.1 Å². The number of carbonyl (C=O) groups is 1. The number of alkyl carbamates (subject to hydrolysis) is 1. The molecule has 0 radical (unpaired) electrons. The molecule has 5 heteroatoms. The molecule has 1 aromatic rings. The van der Waals surface area contributed by atoms with Gasteiger partial charge in [0.25, 0.3) is 0 Å². The number of hydrogen-bond acceptors (Lipinski definition) is 3. The summed E-state index contributed by atoms with van der Waals surface area (Å²) < 4.78 is 7.25. The van der Waals surface area contributed by atoms with Crippen LogP contribution in [-0.4, -0.2) is 28.8 Å². The van der Waals surface area contributed by atoms with E-state index in [0.29, 0.717) is 6.54 Å². The standard InChI is InChI=1S/C14H25N3O2/c1-11(9-16-13(18)19-14(2,3)4)15-10-12-7-6-8-17(12)5/h6-8,11,15H,9-10H2,1-5H3,(H,16,18). The topological polar surface area (TPSA) is 55.3 Å². The average Bonchev–Trinajstić information content (AvgIpc) is 2.67. The Labute approximate surface area is 115 Å². The van der Waals surface area contributed by atoms with Crippen molar-refractivity contribution in [2.24, 2.45) is 7.05 Å². The fourth-order valence-electron chi connectivity index (χ4n) is 1.58. The van der Waals surface area contributed by atoms with Gasteiger partial charge in [-0.2, -0.15) is 0 Å². The van der Waals surface area contributed by atoms with E-state index in [1.54, 1.807) is 0 Å². The second-order valence-corrected chi connectivity index (χ2v) is 5.78. The lowest BCUT2D eigenvalue weighted by molar-refractivity contribution is 0.0523. The molecule has 0 aliphatic heterocycles. The van der Waals surface area contributed by atoms with Crippen molar-refractivity contribution in [2.45, 2.75) is 45.9 Å². The first-order valence-corrected chi connectivity index (χ1v) is 6.58. The first-order valence-electron chi connectivity index (χ1n) is 6.58. The van der Waals surface area contributed by atoms with Crippen molar-refractivity contribution in [1.82, 2.24) is 15.2 Å². The third-order valence-electron chi connectivity index (χ3n) is 2.63. The largest absolute Gasteiger partial charge is 0.444 e. The highest BCUT2D eigenvalue weighted by Crippen LogP contribution is 2.06. The Morgan fingerprint density at radius 3 is 2.68 bits per heavy atom. The lowest BCUT2D eigenvalue weighted by Crippen LogP contribution is -2.41. The molecule has 19 heavy (non-hydrogen) atoms. The molecule has 1 aromatic heterocycles. The van der Waals surface area contributed by atoms with E-state index in [9.17, 15) is 4.79 Å². The third kappa shape index (κ3) is 6.29. The van der Waals surface area contributed by atoms with Gasteiger partial charge < -0.3 is 19.9 Å². The van der Waals surface area contributed by atoms with Gasteiger partial charge >= 0.3 is 6.09 Å². The van der Waals surface area contributed by atoms with Crippen LogP contribution in [0.25, 0.3) is 0 Å². The third-order valence-corrected chi connectivity index (χ3v) is 2.63. The SMILES string of the molecule is CC(CNC(=O)OC(C)(C)C)NCc1cccn1C. The van der Waals surface area contributed by atoms with Gasteiger partial charge in [0.2, 0.25) is 0 Å². The van der Waals surface area contributed by atoms with Gasteiger partial charge in [-0.05, 0) is 39.8 Å². The van der Waals surface area contributed by atoms with Crippen molar-refractivity contribution in [1.29, 1.82) is 0 Å². The van der Waals surface area contributed by atoms with E-state index >= 15 is 0 Å². The Kier molecular flexibility index (Phi) is 5.42. The minimum Gasteiger partial charge on any atom is -0.444 e. The monoisotopic (exact) mass is 267 g/mol. The first-order chi connectivity index (χ1) is 8.78. The summed E-state index contributed by atoms with van der Waals surface area (Å²) in [6, 6.07) is 4.27. The zero-order chi connectivity index (χ0) is 14.5. The maximum Gasteiger partial charge on any atom is 0.407 e. The van der Waals surface area contributed by atoms with Crippen molar-refractivity contribution in [3.05, 3.63) is 24.0 Å². The number of ether oxygens (including phenoxy) is 1. The normalized spacial score (nSPS) is 13.1. The molecule has 1 heterocycles. The molecule has 0 aromatic carbocycles. The van der Waals surface area contributed by atoms with Crippen LogP contribution in [0.2, 0.25) is 0 Å². The Bertz CT molecular complexity index is 407. The first kappa shape index (κ1) is 15.6. The lowest BCUT2D eigenvalue weighted by Gasteiger charge is -2.21. The molecule has 5 nitrogen and oxygen atoms in total. The summed E-state index contributed by atoms with van der Waals surface area (Å²) in [6.07, 6.45) is 1.64. The molecule has 1 unspecified atom stereocenters. The molecular formula is C14H25N3O2. The minimum atomic E-state index is -0.455. The Balaban J connectivity index is 2.23. The van der Waals surface area contributed by atoms with Crippen molar-refractivity contribution in [3.63, 3.8) is 0 Å². The van der Waals surface area contributed by atoms with Crippen LogP contribution in [-0.2, 0) is 18.3 Å². The fraction of sp³-hybridized carbons (Fsp3) is 0.643. The maximum absolute atomic E-state index is 11.5. The molecule has 1 atom stereocenters. The number of amides is 1. The van der Waals surface area contributed by atoms with Gasteiger partial charge in [-0.25, -0.2) is 4.79 Å². The highest BCUT2D eigenvalue weighted by molar-refractivity contribution is 5.67. The number of nitrogens with one attached hydrogen (secondary N) is 2. The molecule has 1 amide bonds. The van der Waals surface area contributed by atoms with Crippen LogP contribution in [0.3, 0.4) is 0 Å². The molecule has 0 aliphatic rings. The molecule has 0 saturated carbocycles. The van der Waals surface area contributed by atoms with Crippen LogP contribution >= 0.6 is 0 Å². The van der Waals surface area contributed by atoms with Crippen LogP contribution in [0.4, 0.5) is 4.79 Å². The van der Waals surface area contributed by atoms with Gasteiger partial charge in [0.05, 0.1) is 0 Å². The summed E-state index contributed by atoms with van der Waals surface area (Å²) in [6.45, 7) is 8.90. The molecule has 0 saturated heterocycles. The Morgan fingerprint density at radius 2 is 2.16 bits per heavy atom. The van der Waals surface area contributed by atoms with E-state index in [1.807, 2.05) is 47.0 Å². The van der Waals surface area contributed by atoms with Crippen molar-refractivity contribution < 1.29 is 9.53 Å². The van der Waals surface area contributed by atoms with Crippen LogP contribution in [0.5, 0.6) is 0 Å². The van der Waals surface area contributed by atoms with Crippen LogP contribution < -0.4 is 10.6 Å². The summed E-state index contributed by atoms with van der Waals surface area (Å²) in [5.41, 5.74) is 0.758. The smallest absolute Gasteiger partial charge is 0.407 e. The van der Waals surface area contributed by atoms with Crippen LogP contribution in [0, 0.1) is 0 Å². The summed E-state index contributed by atoms with van der Waals surface area (Å²) >= 11 is 0. The number of carbonyl (C=O) groups excluding carboxylic acids is 1. The average molecular weight is 267 g/mol. The van der Waals surface area contributed by atoms with Gasteiger partial charge in [-0.15, -0.1) is 0 Å². The molecular weight excluding hydrogens is 242 g/mol. The number of rotatable bonds is 5. The second-order valence-electron chi connectivity index (χ2n) is 5.78. The number of nitrogens with zero attached hydrogens (tertiary/aromatic N) is 1. The summed E-state index contributed by atoms with van der Waals surface area (Å²) in [4.78, 5) is 11.5. The highest BCUT2D eigenvalue weighted by Gasteiger charge is 2.16. The number of aryl methyl sites for hydroxylation is 1. The summed E-state index contributed by atoms with van der Waals surface area (Å²) in [5, 5.41) is 6.11.